The van der Waals surface area contributed by atoms with E-state index in [2.05, 4.69) is 63.0 Å². The number of aliphatic imine (C=N–C) groups is 1. The largest absolute Gasteiger partial charge is 0.494 e. The van der Waals surface area contributed by atoms with Crippen molar-refractivity contribution in [1.29, 1.82) is 0 Å². The van der Waals surface area contributed by atoms with Crippen LogP contribution >= 0.6 is 0 Å². The molecule has 3 aromatic rings. The highest BCUT2D eigenvalue weighted by molar-refractivity contribution is 7.86. The molecule has 1 aromatic heterocycles. The van der Waals surface area contributed by atoms with Crippen LogP contribution in [0.25, 0.3) is 0 Å². The number of hydrazone groups is 1. The number of amides is 6. The molecule has 1 saturated heterocycles. The molecule has 0 bridgehead atoms. The summed E-state index contributed by atoms with van der Waals surface area (Å²) in [4.78, 5) is 100. The maximum Gasteiger partial charge on any atom is 0.305 e. The summed E-state index contributed by atoms with van der Waals surface area (Å²) in [5, 5.41) is 35.2. The Morgan fingerprint density at radius 2 is 1.61 bits per heavy atom. The fourth-order valence-electron chi connectivity index (χ4n) is 6.86. The molecule has 6 amide bonds. The molecule has 2 unspecified atom stereocenters. The summed E-state index contributed by atoms with van der Waals surface area (Å²) < 4.78 is 38.4. The Bertz CT molecular complexity index is 2490. The first-order valence-electron chi connectivity index (χ1n) is 22.0. The molecule has 0 radical (unpaired) electrons. The van der Waals surface area contributed by atoms with Gasteiger partial charge in [0.2, 0.25) is 29.5 Å². The molecule has 2 aliphatic rings. The van der Waals surface area contributed by atoms with Gasteiger partial charge in [-0.05, 0) is 61.1 Å². The van der Waals surface area contributed by atoms with Crippen molar-refractivity contribution in [1.82, 2.24) is 47.5 Å². The van der Waals surface area contributed by atoms with Crippen molar-refractivity contribution in [2.24, 2.45) is 16.0 Å². The van der Waals surface area contributed by atoms with Crippen LogP contribution in [0.15, 0.2) is 81.8 Å². The smallest absolute Gasteiger partial charge is 0.305 e. The molecule has 0 aliphatic carbocycles. The number of ether oxygens (including phenoxy) is 1. The highest BCUT2D eigenvalue weighted by Crippen LogP contribution is 2.16. The summed E-state index contributed by atoms with van der Waals surface area (Å²) in [6.45, 7) is 4.95. The molecule has 370 valence electrons. The number of carbonyl (C=O) groups excluding carboxylic acids is 6. The van der Waals surface area contributed by atoms with Crippen molar-refractivity contribution >= 4 is 69.5 Å². The van der Waals surface area contributed by atoms with Gasteiger partial charge in [0.05, 0.1) is 37.9 Å². The van der Waals surface area contributed by atoms with E-state index >= 15 is 0 Å². The molecule has 2 aliphatic heterocycles. The number of nitrogens with zero attached hydrogens (tertiary/aromatic N) is 3. The molecule has 25 heteroatoms. The minimum atomic E-state index is -4.45. The molecule has 5 rings (SSSR count). The molecule has 69 heavy (non-hydrogen) atoms. The Labute approximate surface area is 397 Å². The van der Waals surface area contributed by atoms with Crippen molar-refractivity contribution in [3.63, 3.8) is 0 Å². The minimum absolute atomic E-state index is 0.120. The van der Waals surface area contributed by atoms with Crippen LogP contribution in [0.3, 0.4) is 0 Å². The van der Waals surface area contributed by atoms with Gasteiger partial charge in [0.25, 0.3) is 16.0 Å². The third-order valence-corrected chi connectivity index (χ3v) is 11.4. The van der Waals surface area contributed by atoms with E-state index in [9.17, 15) is 51.6 Å². The number of anilines is 1. The Hall–Kier alpha value is -7.67. The minimum Gasteiger partial charge on any atom is -0.494 e. The van der Waals surface area contributed by atoms with Crippen LogP contribution in [0.2, 0.25) is 0 Å². The molecular formula is C44H56N12O12S. The van der Waals surface area contributed by atoms with Crippen LogP contribution in [0.1, 0.15) is 61.0 Å². The van der Waals surface area contributed by atoms with E-state index < -0.39 is 94.6 Å². The standard InChI is InChI=1S/C44H56N12O12S/c1-26(2)38-43(64)54-32(42(63)53-33(22-37(58)59)40(61)50-25-36(57)52-31(41(62)55-38)8-5-16-46-44-47-18-19-48-44)21-27-10-13-30(14-11-27)68-20-6-17-45-39(60)29-12-15-35(49-23-29)56-51-24-28-7-3-4-9-34(28)69(65,66)67/h3-4,7,9-15,23-24,26,31-33,38H,5-6,8,16-22,25H2,1-2H3,(H,45,60)(H,49,56)(H,50,61)(H,52,57)(H,53,63)(H,54,64)(H,55,62)(H,58,59)(H2,46,47,48)(H,65,66,67)/t31?,32-,33-,38?/m1/s1. The van der Waals surface area contributed by atoms with Crippen molar-refractivity contribution in [2.45, 2.75) is 75.0 Å². The third-order valence-electron chi connectivity index (χ3n) is 10.4. The van der Waals surface area contributed by atoms with Gasteiger partial charge < -0.3 is 52.4 Å². The van der Waals surface area contributed by atoms with Crippen LogP contribution in [0.4, 0.5) is 5.82 Å². The number of benzene rings is 2. The lowest BCUT2D eigenvalue weighted by Gasteiger charge is -2.27. The van der Waals surface area contributed by atoms with Gasteiger partial charge in [0, 0.05) is 37.8 Å². The summed E-state index contributed by atoms with van der Waals surface area (Å²) in [6, 6.07) is 10.1. The van der Waals surface area contributed by atoms with Crippen LogP contribution < -0.4 is 52.7 Å². The van der Waals surface area contributed by atoms with Crippen LogP contribution in [-0.4, -0.2) is 140 Å². The number of carboxylic acids is 1. The lowest BCUT2D eigenvalue weighted by Crippen LogP contribution is -2.59. The number of hydrogen-bond acceptors (Lipinski definition) is 16. The maximum atomic E-state index is 13.9. The predicted octanol–water partition coefficient (Wildman–Crippen LogP) is -0.956. The maximum absolute atomic E-state index is 13.9. The zero-order valence-corrected chi connectivity index (χ0v) is 38.6. The van der Waals surface area contributed by atoms with E-state index in [1.54, 1.807) is 44.2 Å². The van der Waals surface area contributed by atoms with Gasteiger partial charge in [0.1, 0.15) is 40.6 Å². The molecule has 2 aromatic carbocycles. The number of guanidine groups is 1. The molecule has 11 N–H and O–H groups in total. The van der Waals surface area contributed by atoms with E-state index in [1.165, 1.54) is 42.7 Å². The zero-order chi connectivity index (χ0) is 49.9. The normalized spacial score (nSPS) is 19.4. The van der Waals surface area contributed by atoms with E-state index in [4.69, 9.17) is 4.74 Å². The zero-order valence-electron chi connectivity index (χ0n) is 37.8. The highest BCUT2D eigenvalue weighted by atomic mass is 32.2. The molecule has 1 fully saturated rings. The molecule has 4 atom stereocenters. The van der Waals surface area contributed by atoms with Gasteiger partial charge in [-0.25, -0.2) is 4.98 Å². The van der Waals surface area contributed by atoms with Gasteiger partial charge in [-0.1, -0.05) is 44.2 Å². The molecule has 0 spiro atoms. The lowest BCUT2D eigenvalue weighted by molar-refractivity contribution is -0.141. The molecular weight excluding hydrogens is 921 g/mol. The van der Waals surface area contributed by atoms with Crippen LogP contribution in [-0.2, 0) is 45.3 Å². The summed E-state index contributed by atoms with van der Waals surface area (Å²) in [7, 11) is -4.45. The second-order valence-electron chi connectivity index (χ2n) is 16.1. The Kier molecular flexibility index (Phi) is 19.3. The summed E-state index contributed by atoms with van der Waals surface area (Å²) in [6.07, 6.45) is 2.56. The Morgan fingerprint density at radius 3 is 2.29 bits per heavy atom. The number of carboxylic acid groups (broad SMARTS) is 1. The van der Waals surface area contributed by atoms with Gasteiger partial charge in [0.15, 0.2) is 5.96 Å². The highest BCUT2D eigenvalue weighted by Gasteiger charge is 2.34. The quantitative estimate of drug-likeness (QED) is 0.0298. The van der Waals surface area contributed by atoms with Gasteiger partial charge in [-0.15, -0.1) is 0 Å². The topological polar surface area (TPSA) is 349 Å². The number of carbonyl (C=O) groups is 7. The number of rotatable bonds is 19. The van der Waals surface area contributed by atoms with Gasteiger partial charge >= 0.3 is 5.97 Å². The van der Waals surface area contributed by atoms with Gasteiger partial charge in [-0.3, -0.25) is 48.5 Å². The summed E-state index contributed by atoms with van der Waals surface area (Å²) in [5.74, 6) is -4.95. The van der Waals surface area contributed by atoms with Crippen molar-refractivity contribution in [3.05, 3.63) is 83.6 Å². The fourth-order valence-corrected chi connectivity index (χ4v) is 7.53. The Morgan fingerprint density at radius 1 is 0.870 bits per heavy atom. The number of pyridine rings is 1. The second kappa shape index (κ2) is 25.5. The number of aromatic nitrogens is 1. The summed E-state index contributed by atoms with van der Waals surface area (Å²) >= 11 is 0. The molecule has 0 saturated carbocycles. The monoisotopic (exact) mass is 976 g/mol. The predicted molar refractivity (Wildman–Crippen MR) is 250 cm³/mol. The fraction of sp³-hybridized carbons (Fsp3) is 0.409. The first-order valence-corrected chi connectivity index (χ1v) is 23.4. The van der Waals surface area contributed by atoms with Crippen molar-refractivity contribution in [3.8, 4) is 5.75 Å². The van der Waals surface area contributed by atoms with Crippen LogP contribution in [0, 0.1) is 5.92 Å². The first-order chi connectivity index (χ1) is 33.0. The Balaban J connectivity index is 1.16. The van der Waals surface area contributed by atoms with E-state index in [-0.39, 0.29) is 47.8 Å². The number of hydrogen-bond donors (Lipinski definition) is 11. The van der Waals surface area contributed by atoms with E-state index in [0.717, 1.165) is 0 Å². The van der Waals surface area contributed by atoms with Gasteiger partial charge in [-0.2, -0.15) is 13.5 Å². The number of nitrogens with one attached hydrogen (secondary N) is 9. The molecule has 24 nitrogen and oxygen atoms in total. The SMILES string of the molecule is CC(C)C1NC(=O)C(CCCNC2=NCCN2)NC(=O)CNC(=O)[C@@H](CC(=O)O)NC(=O)[C@@H](Cc2ccc(OCCCNC(=O)c3ccc(NN=Cc4ccccc4S(=O)(=O)O)nc3)cc2)NC1=O. The second-order valence-corrected chi connectivity index (χ2v) is 17.5. The first kappa shape index (κ1) is 52.3. The average molecular weight is 977 g/mol. The molecule has 3 heterocycles. The van der Waals surface area contributed by atoms with E-state index in [1.807, 2.05) is 0 Å². The number of aliphatic carboxylic acids is 1. The lowest BCUT2D eigenvalue weighted by atomic mass is 9.99. The average Bonchev–Trinajstić information content (AvgIpc) is 3.84. The van der Waals surface area contributed by atoms with Crippen molar-refractivity contribution < 1.29 is 56.4 Å². The van der Waals surface area contributed by atoms with Crippen LogP contribution in [0.5, 0.6) is 5.75 Å². The third kappa shape index (κ3) is 16.9. The van der Waals surface area contributed by atoms with Crippen molar-refractivity contribution in [2.75, 3.05) is 44.8 Å². The summed E-state index contributed by atoms with van der Waals surface area (Å²) in [5.41, 5.74) is 3.59. The van der Waals surface area contributed by atoms with E-state index in [0.29, 0.717) is 49.7 Å².